The van der Waals surface area contributed by atoms with Crippen LogP contribution >= 0.6 is 0 Å². The number of esters is 1. The van der Waals surface area contributed by atoms with Gasteiger partial charge in [-0.25, -0.2) is 0 Å². The van der Waals surface area contributed by atoms with Crippen molar-refractivity contribution in [2.24, 2.45) is 0 Å². The van der Waals surface area contributed by atoms with Crippen LogP contribution in [0.3, 0.4) is 0 Å². The zero-order valence-corrected chi connectivity index (χ0v) is 9.61. The Hall–Kier alpha value is -2.24. The minimum Gasteiger partial charge on any atom is -0.419 e. The smallest absolute Gasteiger partial charge is 0.320 e. The maximum Gasteiger partial charge on any atom is 0.320 e. The number of benzene rings is 1. The number of nitro groups is 1. The summed E-state index contributed by atoms with van der Waals surface area (Å²) in [5.41, 5.74) is -0.310. The lowest BCUT2D eigenvalue weighted by Crippen LogP contribution is -2.22. The number of hydrogen-bond donors (Lipinski definition) is 0. The lowest BCUT2D eigenvalue weighted by molar-refractivity contribution is -0.385. The van der Waals surface area contributed by atoms with E-state index in [2.05, 4.69) is 0 Å². The molecule has 1 aromatic carbocycles. The van der Waals surface area contributed by atoms with Crippen molar-refractivity contribution in [2.45, 2.75) is 0 Å². The Kier molecular flexibility index (Phi) is 3.89. The van der Waals surface area contributed by atoms with Crippen LogP contribution in [0, 0.1) is 41.2 Å². The highest BCUT2D eigenvalue weighted by Gasteiger charge is 2.37. The monoisotopic (exact) mass is 258 g/mol. The minimum absolute atomic E-state index is 0.0770. The summed E-state index contributed by atoms with van der Waals surface area (Å²) in [4.78, 5) is 32.7. The summed E-state index contributed by atoms with van der Waals surface area (Å²) in [6.07, 6.45) is 4.93. The lowest BCUT2D eigenvalue weighted by Gasteiger charge is -2.11. The Bertz CT molecular complexity index is 514. The molecule has 0 aliphatic heterocycles. The molecule has 1 fully saturated rings. The maximum atomic E-state index is 11.8. The summed E-state index contributed by atoms with van der Waals surface area (Å²) in [6.45, 7) is 0. The third-order valence-electron chi connectivity index (χ3n) is 2.46. The van der Waals surface area contributed by atoms with Gasteiger partial charge in [0.15, 0.2) is 0 Å². The molecule has 95 valence electrons. The fourth-order valence-corrected chi connectivity index (χ4v) is 1.57. The van der Waals surface area contributed by atoms with Crippen LogP contribution in [0.15, 0.2) is 24.3 Å². The zero-order valence-electron chi connectivity index (χ0n) is 9.61. The van der Waals surface area contributed by atoms with Crippen molar-refractivity contribution in [2.75, 3.05) is 0 Å². The molecule has 0 saturated heterocycles. The standard InChI is InChI=1S/C13H8NO5/c15-8-9-4-3-5-10(9)13(16)19-12-7-2-1-6-11(12)14(17)18/h1-8H. The molecule has 0 aromatic heterocycles. The number of carbonyl (C=O) groups is 2. The van der Waals surface area contributed by atoms with E-state index in [1.165, 1.54) is 43.5 Å². The van der Waals surface area contributed by atoms with Crippen LogP contribution in [0.4, 0.5) is 5.69 Å². The fourth-order valence-electron chi connectivity index (χ4n) is 1.57. The Morgan fingerprint density at radius 2 is 2.00 bits per heavy atom. The van der Waals surface area contributed by atoms with Gasteiger partial charge in [-0.15, -0.1) is 0 Å². The quantitative estimate of drug-likeness (QED) is 0.268. The third-order valence-corrected chi connectivity index (χ3v) is 2.46. The number of nitrogens with zero attached hydrogens (tertiary/aromatic N) is 1. The van der Waals surface area contributed by atoms with E-state index in [4.69, 9.17) is 4.74 Å². The van der Waals surface area contributed by atoms with Gasteiger partial charge in [-0.2, -0.15) is 0 Å². The molecule has 0 heterocycles. The first kappa shape index (κ1) is 13.2. The maximum absolute atomic E-state index is 11.8. The molecule has 0 bridgehead atoms. The summed E-state index contributed by atoms with van der Waals surface area (Å²) in [6, 6.07) is 5.53. The molecule has 6 nitrogen and oxygen atoms in total. The largest absolute Gasteiger partial charge is 0.419 e. The molecule has 1 aliphatic carbocycles. The van der Waals surface area contributed by atoms with Gasteiger partial charge in [-0.3, -0.25) is 14.9 Å². The van der Waals surface area contributed by atoms with Crippen LogP contribution in [0.5, 0.6) is 5.75 Å². The molecule has 1 saturated carbocycles. The number of hydrogen-bond acceptors (Lipinski definition) is 5. The van der Waals surface area contributed by atoms with E-state index in [0.717, 1.165) is 0 Å². The van der Waals surface area contributed by atoms with Crippen molar-refractivity contribution >= 4 is 17.9 Å². The number of aldehydes is 1. The highest BCUT2D eigenvalue weighted by molar-refractivity contribution is 6.02. The summed E-state index contributed by atoms with van der Waals surface area (Å²) < 4.78 is 4.95. The number of nitro benzene ring substituents is 1. The topological polar surface area (TPSA) is 86.5 Å². The van der Waals surface area contributed by atoms with Gasteiger partial charge >= 0.3 is 11.7 Å². The fraction of sp³-hybridized carbons (Fsp3) is 0. The van der Waals surface area contributed by atoms with E-state index in [0.29, 0.717) is 6.29 Å². The zero-order chi connectivity index (χ0) is 13.8. The number of para-hydroxylation sites is 2. The predicted molar refractivity (Wildman–Crippen MR) is 64.2 cm³/mol. The van der Waals surface area contributed by atoms with Crippen molar-refractivity contribution in [3.05, 3.63) is 65.5 Å². The molecule has 1 aromatic rings. The predicted octanol–water partition coefficient (Wildman–Crippen LogP) is 1.47. The van der Waals surface area contributed by atoms with Crippen molar-refractivity contribution in [3.8, 4) is 5.75 Å². The van der Waals surface area contributed by atoms with Gasteiger partial charge in [0.1, 0.15) is 12.2 Å². The first-order valence-electron chi connectivity index (χ1n) is 5.30. The Labute approximate surface area is 109 Å². The van der Waals surface area contributed by atoms with Gasteiger partial charge in [0, 0.05) is 6.07 Å². The second-order valence-electron chi connectivity index (χ2n) is 3.63. The Morgan fingerprint density at radius 3 is 2.68 bits per heavy atom. The highest BCUT2D eigenvalue weighted by Crippen LogP contribution is 2.34. The third kappa shape index (κ3) is 2.78. The summed E-state index contributed by atoms with van der Waals surface area (Å²) in [5, 5.41) is 10.8. The van der Waals surface area contributed by atoms with Crippen molar-refractivity contribution < 1.29 is 19.2 Å². The van der Waals surface area contributed by atoms with Crippen LogP contribution in [-0.4, -0.2) is 17.2 Å². The van der Waals surface area contributed by atoms with E-state index >= 15 is 0 Å². The molecule has 0 unspecified atom stereocenters. The Balaban J connectivity index is 2.15. The average molecular weight is 258 g/mol. The van der Waals surface area contributed by atoms with Crippen molar-refractivity contribution in [3.63, 3.8) is 0 Å². The van der Waals surface area contributed by atoms with E-state index in [9.17, 15) is 19.7 Å². The number of rotatable bonds is 4. The molecule has 0 N–H and O–H groups in total. The number of ether oxygens (including phenoxy) is 1. The van der Waals surface area contributed by atoms with E-state index in [-0.39, 0.29) is 23.3 Å². The van der Waals surface area contributed by atoms with Crippen molar-refractivity contribution in [1.29, 1.82) is 0 Å². The SMILES string of the molecule is O=C[C]1[CH][CH][CH][C]1C(=O)Oc1ccccc1[N+](=O)[O-]. The summed E-state index contributed by atoms with van der Waals surface area (Å²) >= 11 is 0. The van der Waals surface area contributed by atoms with E-state index in [1.54, 1.807) is 0 Å². The van der Waals surface area contributed by atoms with E-state index < -0.39 is 10.9 Å². The van der Waals surface area contributed by atoms with Crippen LogP contribution in [-0.2, 0) is 9.59 Å². The first-order valence-corrected chi connectivity index (χ1v) is 5.30. The normalized spacial score (nSPS) is 16.2. The van der Waals surface area contributed by atoms with Crippen LogP contribution in [0.1, 0.15) is 0 Å². The lowest BCUT2D eigenvalue weighted by atomic mass is 9.98. The molecule has 2 rings (SSSR count). The molecule has 0 spiro atoms. The van der Waals surface area contributed by atoms with Gasteiger partial charge in [-0.1, -0.05) is 12.1 Å². The molecule has 0 atom stereocenters. The second kappa shape index (κ2) is 5.60. The van der Waals surface area contributed by atoms with Gasteiger partial charge in [0.05, 0.1) is 10.8 Å². The summed E-state index contributed by atoms with van der Waals surface area (Å²) in [5.74, 6) is -0.700. The summed E-state index contributed by atoms with van der Waals surface area (Å²) in [7, 11) is 0. The van der Waals surface area contributed by atoms with Gasteiger partial charge in [0.25, 0.3) is 0 Å². The highest BCUT2D eigenvalue weighted by atomic mass is 16.6. The van der Waals surface area contributed by atoms with Crippen LogP contribution in [0.25, 0.3) is 0 Å². The molecule has 19 heavy (non-hydrogen) atoms. The molecular weight excluding hydrogens is 250 g/mol. The van der Waals surface area contributed by atoms with Gasteiger partial charge in [0.2, 0.25) is 5.75 Å². The second-order valence-corrected chi connectivity index (χ2v) is 3.63. The average Bonchev–Trinajstić information content (AvgIpc) is 2.87. The molecule has 1 aliphatic rings. The van der Waals surface area contributed by atoms with Crippen LogP contribution < -0.4 is 4.74 Å². The Morgan fingerprint density at radius 1 is 1.26 bits per heavy atom. The molecular formula is C13H8NO5. The van der Waals surface area contributed by atoms with Crippen molar-refractivity contribution in [1.82, 2.24) is 0 Å². The molecule has 0 amide bonds. The molecule has 6 heteroatoms. The van der Waals surface area contributed by atoms with Gasteiger partial charge < -0.3 is 9.53 Å². The minimum atomic E-state index is -0.804. The van der Waals surface area contributed by atoms with Crippen LogP contribution in [0.2, 0.25) is 0 Å². The number of carbonyl (C=O) groups excluding carboxylic acids is 2. The molecule has 5 radical (unpaired) electrons. The van der Waals surface area contributed by atoms with E-state index in [1.807, 2.05) is 0 Å². The van der Waals surface area contributed by atoms with Gasteiger partial charge in [-0.05, 0) is 25.3 Å². The first-order chi connectivity index (χ1) is 9.13.